The SMILES string of the molecule is CCC(O)(/C=C/c1ccc(C(CC)(CC)c2ccc(-c3cccc(CC(=O)O)c3)cc2)cc1C)CC. The minimum Gasteiger partial charge on any atom is -0.481 e. The molecule has 0 saturated heterocycles. The van der Waals surface area contributed by atoms with Gasteiger partial charge in [0, 0.05) is 5.41 Å². The third kappa shape index (κ3) is 5.96. The van der Waals surface area contributed by atoms with E-state index >= 15 is 0 Å². The van der Waals surface area contributed by atoms with Gasteiger partial charge in [-0.05, 0) is 71.6 Å². The van der Waals surface area contributed by atoms with Gasteiger partial charge in [0.1, 0.15) is 0 Å². The second kappa shape index (κ2) is 11.7. The van der Waals surface area contributed by atoms with Crippen molar-refractivity contribution in [3.05, 3.63) is 101 Å². The normalized spacial score (nSPS) is 12.3. The minimum atomic E-state index is -0.818. The maximum atomic E-state index is 11.1. The lowest BCUT2D eigenvalue weighted by Gasteiger charge is -2.34. The summed E-state index contributed by atoms with van der Waals surface area (Å²) in [4.78, 5) is 11.1. The lowest BCUT2D eigenvalue weighted by molar-refractivity contribution is -0.136. The molecule has 0 aliphatic rings. The fourth-order valence-electron chi connectivity index (χ4n) is 5.14. The van der Waals surface area contributed by atoms with Gasteiger partial charge >= 0.3 is 5.97 Å². The molecule has 2 N–H and O–H groups in total. The summed E-state index contributed by atoms with van der Waals surface area (Å²) in [6.45, 7) is 10.7. The van der Waals surface area contributed by atoms with Gasteiger partial charge in [-0.1, -0.05) is 107 Å². The van der Waals surface area contributed by atoms with Crippen molar-refractivity contribution in [3.8, 4) is 11.1 Å². The number of carboxylic acid groups (broad SMARTS) is 1. The van der Waals surface area contributed by atoms with E-state index in [9.17, 15) is 9.90 Å². The zero-order valence-electron chi connectivity index (χ0n) is 22.3. The predicted molar refractivity (Wildman–Crippen MR) is 150 cm³/mol. The van der Waals surface area contributed by atoms with Gasteiger partial charge in [0.15, 0.2) is 0 Å². The lowest BCUT2D eigenvalue weighted by Crippen LogP contribution is -2.26. The third-order valence-electron chi connectivity index (χ3n) is 7.88. The van der Waals surface area contributed by atoms with Gasteiger partial charge in [-0.3, -0.25) is 4.79 Å². The van der Waals surface area contributed by atoms with Gasteiger partial charge in [0.2, 0.25) is 0 Å². The van der Waals surface area contributed by atoms with Crippen LogP contribution in [0.4, 0.5) is 0 Å². The first-order chi connectivity index (χ1) is 17.2. The fourth-order valence-corrected chi connectivity index (χ4v) is 5.14. The van der Waals surface area contributed by atoms with E-state index in [1.165, 1.54) is 16.7 Å². The monoisotopic (exact) mass is 484 g/mol. The largest absolute Gasteiger partial charge is 0.481 e. The summed E-state index contributed by atoms with van der Waals surface area (Å²) < 4.78 is 0. The first-order valence-electron chi connectivity index (χ1n) is 13.1. The third-order valence-corrected chi connectivity index (χ3v) is 7.88. The molecule has 0 bridgehead atoms. The number of aryl methyl sites for hydroxylation is 1. The maximum Gasteiger partial charge on any atom is 0.307 e. The van der Waals surface area contributed by atoms with Crippen molar-refractivity contribution in [3.63, 3.8) is 0 Å². The van der Waals surface area contributed by atoms with E-state index < -0.39 is 11.6 Å². The molecular formula is C33H40O3. The Morgan fingerprint density at radius 1 is 0.806 bits per heavy atom. The number of carboxylic acids is 1. The summed E-state index contributed by atoms with van der Waals surface area (Å²) in [7, 11) is 0. The smallest absolute Gasteiger partial charge is 0.307 e. The Morgan fingerprint density at radius 2 is 1.44 bits per heavy atom. The summed E-state index contributed by atoms with van der Waals surface area (Å²) in [5, 5.41) is 19.8. The molecule has 0 aromatic heterocycles. The van der Waals surface area contributed by atoms with Crippen LogP contribution >= 0.6 is 0 Å². The van der Waals surface area contributed by atoms with E-state index in [2.05, 4.69) is 69.3 Å². The molecule has 0 spiro atoms. The van der Waals surface area contributed by atoms with Crippen molar-refractivity contribution in [2.24, 2.45) is 0 Å². The van der Waals surface area contributed by atoms with Crippen LogP contribution < -0.4 is 0 Å². The summed E-state index contributed by atoms with van der Waals surface area (Å²) >= 11 is 0. The molecule has 0 fully saturated rings. The van der Waals surface area contributed by atoms with Crippen LogP contribution in [0.3, 0.4) is 0 Å². The van der Waals surface area contributed by atoms with Gasteiger partial charge in [-0.25, -0.2) is 0 Å². The van der Waals surface area contributed by atoms with Gasteiger partial charge in [-0.15, -0.1) is 0 Å². The Hall–Kier alpha value is -3.17. The summed E-state index contributed by atoms with van der Waals surface area (Å²) in [6, 6.07) is 23.2. The number of hydrogen-bond acceptors (Lipinski definition) is 2. The van der Waals surface area contributed by atoms with Gasteiger partial charge in [0.25, 0.3) is 0 Å². The van der Waals surface area contributed by atoms with Crippen LogP contribution in [-0.4, -0.2) is 21.8 Å². The van der Waals surface area contributed by atoms with Crippen LogP contribution in [0, 0.1) is 6.92 Å². The van der Waals surface area contributed by atoms with Crippen LogP contribution in [0.15, 0.2) is 72.8 Å². The second-order valence-electron chi connectivity index (χ2n) is 9.85. The van der Waals surface area contributed by atoms with Crippen LogP contribution in [-0.2, 0) is 16.6 Å². The quantitative estimate of drug-likeness (QED) is 0.290. The number of aliphatic carboxylic acids is 1. The standard InChI is InChI=1S/C33H40O3/c1-6-32(36,7-2)20-19-26-13-18-30(21-24(26)5)33(8-3,9-4)29-16-14-27(15-17-29)28-12-10-11-25(22-28)23-31(34)35/h10-22,36H,6-9,23H2,1-5H3,(H,34,35)/b20-19+. The molecule has 3 nitrogen and oxygen atoms in total. The first kappa shape index (κ1) is 27.4. The molecule has 190 valence electrons. The molecule has 0 saturated carbocycles. The molecule has 0 aliphatic heterocycles. The van der Waals surface area contributed by atoms with Gasteiger partial charge < -0.3 is 10.2 Å². The number of rotatable bonds is 11. The lowest BCUT2D eigenvalue weighted by atomic mass is 9.70. The summed E-state index contributed by atoms with van der Waals surface area (Å²) in [5.41, 5.74) is 7.01. The van der Waals surface area contributed by atoms with E-state index in [1.54, 1.807) is 0 Å². The number of carbonyl (C=O) groups is 1. The number of hydrogen-bond donors (Lipinski definition) is 2. The van der Waals surface area contributed by atoms with Gasteiger partial charge in [-0.2, -0.15) is 0 Å². The van der Waals surface area contributed by atoms with Crippen molar-refractivity contribution in [2.45, 2.75) is 77.7 Å². The van der Waals surface area contributed by atoms with Crippen molar-refractivity contribution in [1.82, 2.24) is 0 Å². The molecule has 0 aliphatic carbocycles. The van der Waals surface area contributed by atoms with E-state index in [-0.39, 0.29) is 11.8 Å². The van der Waals surface area contributed by atoms with Crippen LogP contribution in [0.2, 0.25) is 0 Å². The molecule has 3 aromatic carbocycles. The average molecular weight is 485 g/mol. The van der Waals surface area contributed by atoms with E-state index in [1.807, 2.05) is 44.2 Å². The predicted octanol–water partition coefficient (Wildman–Crippen LogP) is 7.96. The summed E-state index contributed by atoms with van der Waals surface area (Å²) in [5.74, 6) is -0.818. The molecule has 0 amide bonds. The molecule has 0 atom stereocenters. The molecule has 3 rings (SSSR count). The number of benzene rings is 3. The number of aliphatic hydroxyl groups is 1. The second-order valence-corrected chi connectivity index (χ2v) is 9.85. The summed E-state index contributed by atoms with van der Waals surface area (Å²) in [6.07, 6.45) is 7.39. The zero-order valence-corrected chi connectivity index (χ0v) is 22.3. The highest BCUT2D eigenvalue weighted by Crippen LogP contribution is 2.40. The van der Waals surface area contributed by atoms with Crippen LogP contribution in [0.25, 0.3) is 17.2 Å². The van der Waals surface area contributed by atoms with Crippen LogP contribution in [0.5, 0.6) is 0 Å². The molecule has 3 aromatic rings. The van der Waals surface area contributed by atoms with Crippen LogP contribution in [0.1, 0.15) is 81.2 Å². The molecule has 0 unspecified atom stereocenters. The first-order valence-corrected chi connectivity index (χ1v) is 13.1. The highest BCUT2D eigenvalue weighted by atomic mass is 16.4. The van der Waals surface area contributed by atoms with Crippen molar-refractivity contribution in [2.75, 3.05) is 0 Å². The molecule has 3 heteroatoms. The Balaban J connectivity index is 1.94. The van der Waals surface area contributed by atoms with Crippen molar-refractivity contribution in [1.29, 1.82) is 0 Å². The molecule has 36 heavy (non-hydrogen) atoms. The van der Waals surface area contributed by atoms with E-state index in [0.29, 0.717) is 12.8 Å². The topological polar surface area (TPSA) is 57.5 Å². The minimum absolute atomic E-state index is 0.0292. The Labute approximate surface area is 216 Å². The fraction of sp³-hybridized carbons (Fsp3) is 0.364. The highest BCUT2D eigenvalue weighted by Gasteiger charge is 2.31. The highest BCUT2D eigenvalue weighted by molar-refractivity contribution is 5.72. The van der Waals surface area contributed by atoms with E-state index in [4.69, 9.17) is 5.11 Å². The van der Waals surface area contributed by atoms with Gasteiger partial charge in [0.05, 0.1) is 12.0 Å². The Kier molecular flexibility index (Phi) is 8.92. The average Bonchev–Trinajstić information content (AvgIpc) is 2.89. The Morgan fingerprint density at radius 3 is 2.00 bits per heavy atom. The zero-order chi connectivity index (χ0) is 26.3. The molecule has 0 radical (unpaired) electrons. The Bertz CT molecular complexity index is 1200. The molecular weight excluding hydrogens is 444 g/mol. The maximum absolute atomic E-state index is 11.1. The molecule has 0 heterocycles. The van der Waals surface area contributed by atoms with Crippen molar-refractivity contribution >= 4 is 12.0 Å². The van der Waals surface area contributed by atoms with Crippen molar-refractivity contribution < 1.29 is 15.0 Å². The van der Waals surface area contributed by atoms with E-state index in [0.717, 1.165) is 35.1 Å².